The molecule has 126 valence electrons. The monoisotopic (exact) mass is 319 g/mol. The molecule has 1 aromatic rings. The van der Waals surface area contributed by atoms with Crippen LogP contribution in [0.1, 0.15) is 18.4 Å². The highest BCUT2D eigenvalue weighted by Gasteiger charge is 2.23. The van der Waals surface area contributed by atoms with Gasteiger partial charge in [-0.3, -0.25) is 14.5 Å². The maximum absolute atomic E-state index is 12.0. The predicted octanol–water partition coefficient (Wildman–Crippen LogP) is 0.551. The smallest absolute Gasteiger partial charge is 0.234 e. The average molecular weight is 319 g/mol. The largest absolute Gasteiger partial charge is 0.496 e. The number of nitrogens with one attached hydrogen (secondary N) is 1. The highest BCUT2D eigenvalue weighted by Crippen LogP contribution is 2.17. The molecule has 23 heavy (non-hydrogen) atoms. The van der Waals surface area contributed by atoms with Gasteiger partial charge in [0.05, 0.1) is 13.7 Å². The third-order valence-electron chi connectivity index (χ3n) is 4.27. The molecule has 1 fully saturated rings. The van der Waals surface area contributed by atoms with E-state index < -0.39 is 0 Å². The van der Waals surface area contributed by atoms with E-state index in [2.05, 4.69) is 10.2 Å². The zero-order valence-corrected chi connectivity index (χ0v) is 13.6. The van der Waals surface area contributed by atoms with Gasteiger partial charge in [-0.1, -0.05) is 18.2 Å². The first kappa shape index (κ1) is 17.3. The topological polar surface area (TPSA) is 84.7 Å². The van der Waals surface area contributed by atoms with Crippen molar-refractivity contribution in [2.45, 2.75) is 19.3 Å². The average Bonchev–Trinajstić information content (AvgIpc) is 2.55. The molecule has 0 aliphatic carbocycles. The molecule has 1 heterocycles. The van der Waals surface area contributed by atoms with Crippen molar-refractivity contribution < 1.29 is 14.3 Å². The number of hydrogen-bond acceptors (Lipinski definition) is 4. The molecule has 0 bridgehead atoms. The van der Waals surface area contributed by atoms with Gasteiger partial charge in [-0.15, -0.1) is 0 Å². The number of nitrogens with two attached hydrogens (primary N) is 1. The van der Waals surface area contributed by atoms with Gasteiger partial charge in [-0.25, -0.2) is 0 Å². The molecule has 2 rings (SSSR count). The van der Waals surface area contributed by atoms with E-state index in [1.54, 1.807) is 7.11 Å². The third kappa shape index (κ3) is 5.25. The van der Waals surface area contributed by atoms with E-state index in [1.165, 1.54) is 0 Å². The Kier molecular flexibility index (Phi) is 6.40. The molecule has 1 aliphatic rings. The lowest BCUT2D eigenvalue weighted by Gasteiger charge is -2.29. The Morgan fingerprint density at radius 1 is 1.30 bits per heavy atom. The van der Waals surface area contributed by atoms with Crippen molar-refractivity contribution in [1.82, 2.24) is 10.2 Å². The molecule has 2 amide bonds. The van der Waals surface area contributed by atoms with Gasteiger partial charge < -0.3 is 15.8 Å². The summed E-state index contributed by atoms with van der Waals surface area (Å²) >= 11 is 0. The number of carbonyl (C=O) groups excluding carboxylic acids is 2. The summed E-state index contributed by atoms with van der Waals surface area (Å²) in [6.07, 6.45) is 2.22. The van der Waals surface area contributed by atoms with Gasteiger partial charge in [-0.2, -0.15) is 0 Å². The van der Waals surface area contributed by atoms with Crippen molar-refractivity contribution in [3.05, 3.63) is 29.8 Å². The normalized spacial score (nSPS) is 16.0. The number of benzene rings is 1. The summed E-state index contributed by atoms with van der Waals surface area (Å²) in [4.78, 5) is 25.2. The maximum atomic E-state index is 12.0. The summed E-state index contributed by atoms with van der Waals surface area (Å²) in [5.41, 5.74) is 6.39. The molecule has 0 radical (unpaired) electrons. The molecule has 1 aliphatic heterocycles. The van der Waals surface area contributed by atoms with Crippen LogP contribution in [0.5, 0.6) is 5.75 Å². The highest BCUT2D eigenvalue weighted by atomic mass is 16.5. The van der Waals surface area contributed by atoms with Gasteiger partial charge in [0, 0.05) is 12.5 Å². The Labute approximate surface area is 137 Å². The number of hydrogen-bond donors (Lipinski definition) is 2. The van der Waals surface area contributed by atoms with Crippen molar-refractivity contribution >= 4 is 11.8 Å². The summed E-state index contributed by atoms with van der Waals surface area (Å²) in [5, 5.41) is 2.94. The summed E-state index contributed by atoms with van der Waals surface area (Å²) in [6.45, 7) is 2.44. The zero-order chi connectivity index (χ0) is 16.7. The predicted molar refractivity (Wildman–Crippen MR) is 88.1 cm³/mol. The van der Waals surface area contributed by atoms with Gasteiger partial charge in [0.15, 0.2) is 0 Å². The van der Waals surface area contributed by atoms with E-state index in [-0.39, 0.29) is 17.7 Å². The number of likely N-dealkylation sites (tertiary alicyclic amines) is 1. The Morgan fingerprint density at radius 2 is 2.00 bits per heavy atom. The van der Waals surface area contributed by atoms with Crippen molar-refractivity contribution in [3.63, 3.8) is 0 Å². The van der Waals surface area contributed by atoms with Crippen molar-refractivity contribution in [1.29, 1.82) is 0 Å². The molecule has 6 nitrogen and oxygen atoms in total. The number of carbonyl (C=O) groups is 2. The summed E-state index contributed by atoms with van der Waals surface area (Å²) < 4.78 is 5.30. The Morgan fingerprint density at radius 3 is 2.65 bits per heavy atom. The fourth-order valence-corrected chi connectivity index (χ4v) is 2.88. The second kappa shape index (κ2) is 8.53. The third-order valence-corrected chi connectivity index (χ3v) is 4.27. The lowest BCUT2D eigenvalue weighted by molar-refractivity contribution is -0.124. The first-order valence-corrected chi connectivity index (χ1v) is 8.00. The van der Waals surface area contributed by atoms with E-state index in [0.29, 0.717) is 13.1 Å². The molecule has 0 saturated carbocycles. The van der Waals surface area contributed by atoms with Crippen LogP contribution in [0.25, 0.3) is 0 Å². The van der Waals surface area contributed by atoms with Gasteiger partial charge in [0.25, 0.3) is 0 Å². The van der Waals surface area contributed by atoms with E-state index >= 15 is 0 Å². The molecular weight excluding hydrogens is 294 g/mol. The second-order valence-electron chi connectivity index (χ2n) is 5.86. The minimum atomic E-state index is -0.231. The quantitative estimate of drug-likeness (QED) is 0.769. The standard InChI is InChI=1S/C17H25N3O3/c1-23-15-5-3-2-4-13(15)6-9-19-16(21)12-20-10-7-14(8-11-20)17(18)22/h2-5,14H,6-12H2,1H3,(H2,18,22)(H,19,21). The molecule has 0 spiro atoms. The van der Waals surface area contributed by atoms with Gasteiger partial charge >= 0.3 is 0 Å². The number of para-hydroxylation sites is 1. The number of methoxy groups -OCH3 is 1. The van der Waals surface area contributed by atoms with Crippen LogP contribution >= 0.6 is 0 Å². The molecule has 6 heteroatoms. The van der Waals surface area contributed by atoms with Gasteiger partial charge in [0.2, 0.25) is 11.8 Å². The molecule has 0 unspecified atom stereocenters. The summed E-state index contributed by atoms with van der Waals surface area (Å²) in [6, 6.07) is 7.80. The van der Waals surface area contributed by atoms with Crippen LogP contribution in [0.2, 0.25) is 0 Å². The zero-order valence-electron chi connectivity index (χ0n) is 13.6. The Hall–Kier alpha value is -2.08. The Bertz CT molecular complexity index is 540. The molecule has 0 aromatic heterocycles. The number of amides is 2. The maximum Gasteiger partial charge on any atom is 0.234 e. The van der Waals surface area contributed by atoms with Crippen LogP contribution in [0.4, 0.5) is 0 Å². The Balaban J connectivity index is 1.69. The SMILES string of the molecule is COc1ccccc1CCNC(=O)CN1CCC(C(N)=O)CC1. The van der Waals surface area contributed by atoms with E-state index in [1.807, 2.05) is 24.3 Å². The molecule has 3 N–H and O–H groups in total. The number of primary amides is 1. The fourth-order valence-electron chi connectivity index (χ4n) is 2.88. The van der Waals surface area contributed by atoms with Crippen LogP contribution in [0.3, 0.4) is 0 Å². The first-order chi connectivity index (χ1) is 11.1. The fraction of sp³-hybridized carbons (Fsp3) is 0.529. The highest BCUT2D eigenvalue weighted by molar-refractivity contribution is 5.78. The number of rotatable bonds is 7. The number of piperidine rings is 1. The van der Waals surface area contributed by atoms with Crippen molar-refractivity contribution in [2.75, 3.05) is 33.3 Å². The van der Waals surface area contributed by atoms with E-state index in [9.17, 15) is 9.59 Å². The summed E-state index contributed by atoms with van der Waals surface area (Å²) in [5.74, 6) is 0.582. The second-order valence-corrected chi connectivity index (χ2v) is 5.86. The number of ether oxygens (including phenoxy) is 1. The van der Waals surface area contributed by atoms with Crippen molar-refractivity contribution in [3.8, 4) is 5.75 Å². The van der Waals surface area contributed by atoms with Crippen LogP contribution in [0.15, 0.2) is 24.3 Å². The lowest BCUT2D eigenvalue weighted by Crippen LogP contribution is -2.43. The minimum Gasteiger partial charge on any atom is -0.496 e. The van der Waals surface area contributed by atoms with Gasteiger partial charge in [-0.05, 0) is 44.0 Å². The van der Waals surface area contributed by atoms with Crippen LogP contribution < -0.4 is 15.8 Å². The minimum absolute atomic E-state index is 0.0115. The lowest BCUT2D eigenvalue weighted by atomic mass is 9.96. The van der Waals surface area contributed by atoms with E-state index in [0.717, 1.165) is 43.7 Å². The number of nitrogens with zero attached hydrogens (tertiary/aromatic N) is 1. The van der Waals surface area contributed by atoms with Crippen LogP contribution in [-0.2, 0) is 16.0 Å². The molecular formula is C17H25N3O3. The summed E-state index contributed by atoms with van der Waals surface area (Å²) in [7, 11) is 1.65. The van der Waals surface area contributed by atoms with E-state index in [4.69, 9.17) is 10.5 Å². The van der Waals surface area contributed by atoms with Gasteiger partial charge in [0.1, 0.15) is 5.75 Å². The first-order valence-electron chi connectivity index (χ1n) is 8.00. The van der Waals surface area contributed by atoms with Crippen LogP contribution in [0, 0.1) is 5.92 Å². The van der Waals surface area contributed by atoms with Crippen LogP contribution in [-0.4, -0.2) is 50.0 Å². The molecule has 1 aromatic carbocycles. The molecule has 0 atom stereocenters. The van der Waals surface area contributed by atoms with Crippen molar-refractivity contribution in [2.24, 2.45) is 11.7 Å². The molecule has 1 saturated heterocycles.